The van der Waals surface area contributed by atoms with E-state index >= 15 is 0 Å². The van der Waals surface area contributed by atoms with Crippen molar-refractivity contribution in [1.29, 1.82) is 0 Å². The summed E-state index contributed by atoms with van der Waals surface area (Å²) in [4.78, 5) is 13.2. The quantitative estimate of drug-likeness (QED) is 0.343. The second-order valence-corrected chi connectivity index (χ2v) is 14.6. The second-order valence-electron chi connectivity index (χ2n) is 14.6. The van der Waals surface area contributed by atoms with Gasteiger partial charge >= 0.3 is 0 Å². The maximum atomic E-state index is 13.2. The van der Waals surface area contributed by atoms with Crippen LogP contribution in [0.1, 0.15) is 93.9 Å². The molecule has 0 heterocycles. The molecular weight excluding hydrogens is 440 g/mol. The molecule has 3 fully saturated rings. The Labute approximate surface area is 211 Å². The smallest absolute Gasteiger partial charge is 0.187 e. The lowest BCUT2D eigenvalue weighted by atomic mass is 9.39. The largest absolute Gasteiger partial charge is 0.393 e. The molecule has 0 unspecified atom stereocenters. The fraction of sp³-hybridized carbons (Fsp3) is 0.833. The van der Waals surface area contributed by atoms with E-state index in [0.29, 0.717) is 18.3 Å². The molecule has 0 aliphatic heterocycles. The molecule has 0 saturated heterocycles. The predicted molar refractivity (Wildman–Crippen MR) is 137 cm³/mol. The molecule has 35 heavy (non-hydrogen) atoms. The highest BCUT2D eigenvalue weighted by Gasteiger charge is 2.71. The third-order valence-electron chi connectivity index (χ3n) is 11.3. The van der Waals surface area contributed by atoms with Crippen LogP contribution >= 0.6 is 0 Å². The number of hydrogen-bond acceptors (Lipinski definition) is 5. The van der Waals surface area contributed by atoms with Crippen LogP contribution in [0.5, 0.6) is 0 Å². The van der Waals surface area contributed by atoms with Crippen LogP contribution in [0.2, 0.25) is 0 Å². The number of carbonyl (C=O) groups excluding carboxylic acids is 1. The Hall–Kier alpha value is -1.01. The van der Waals surface area contributed by atoms with Crippen LogP contribution in [0.4, 0.5) is 0 Å². The molecule has 0 aromatic rings. The van der Waals surface area contributed by atoms with Crippen LogP contribution < -0.4 is 0 Å². The van der Waals surface area contributed by atoms with Gasteiger partial charge in [-0.1, -0.05) is 52.3 Å². The van der Waals surface area contributed by atoms with Gasteiger partial charge in [0.15, 0.2) is 5.78 Å². The van der Waals surface area contributed by atoms with Crippen molar-refractivity contribution < 1.29 is 25.2 Å². The van der Waals surface area contributed by atoms with Crippen LogP contribution in [0.25, 0.3) is 0 Å². The number of carbonyl (C=O) groups is 1. The van der Waals surface area contributed by atoms with E-state index in [4.69, 9.17) is 0 Å². The highest BCUT2D eigenvalue weighted by molar-refractivity contribution is 5.97. The van der Waals surface area contributed by atoms with Gasteiger partial charge < -0.3 is 20.4 Å². The lowest BCUT2D eigenvalue weighted by molar-refractivity contribution is -0.175. The Morgan fingerprint density at radius 2 is 1.63 bits per heavy atom. The van der Waals surface area contributed by atoms with Crippen LogP contribution in [-0.4, -0.2) is 49.6 Å². The van der Waals surface area contributed by atoms with Crippen LogP contribution in [0.15, 0.2) is 23.8 Å². The molecule has 198 valence electrons. The van der Waals surface area contributed by atoms with E-state index in [1.54, 1.807) is 20.8 Å². The lowest BCUT2D eigenvalue weighted by Crippen LogP contribution is -2.61. The lowest BCUT2D eigenvalue weighted by Gasteiger charge is -2.66. The molecule has 0 spiro atoms. The fourth-order valence-corrected chi connectivity index (χ4v) is 9.47. The van der Waals surface area contributed by atoms with Crippen molar-refractivity contribution in [3.05, 3.63) is 23.8 Å². The monoisotopic (exact) mass is 488 g/mol. The summed E-state index contributed by atoms with van der Waals surface area (Å²) in [5.74, 6) is -0.455. The summed E-state index contributed by atoms with van der Waals surface area (Å²) < 4.78 is 0. The Balaban J connectivity index is 1.73. The molecule has 4 aliphatic rings. The van der Waals surface area contributed by atoms with Crippen LogP contribution in [0, 0.1) is 39.4 Å². The third-order valence-corrected chi connectivity index (χ3v) is 11.3. The van der Waals surface area contributed by atoms with Crippen molar-refractivity contribution in [1.82, 2.24) is 0 Å². The molecule has 0 amide bonds. The first-order valence-electron chi connectivity index (χ1n) is 13.5. The molecule has 4 N–H and O–H groups in total. The molecule has 0 aromatic carbocycles. The second kappa shape index (κ2) is 7.99. The van der Waals surface area contributed by atoms with E-state index in [1.807, 2.05) is 0 Å². The normalized spacial score (nSPS) is 46.9. The zero-order chi connectivity index (χ0) is 26.4. The van der Waals surface area contributed by atoms with Crippen molar-refractivity contribution in [2.75, 3.05) is 0 Å². The van der Waals surface area contributed by atoms with Crippen LogP contribution in [-0.2, 0) is 4.79 Å². The summed E-state index contributed by atoms with van der Waals surface area (Å²) in [6, 6.07) is 0. The fourth-order valence-electron chi connectivity index (χ4n) is 9.47. The van der Waals surface area contributed by atoms with Gasteiger partial charge in [0.05, 0.1) is 17.8 Å². The van der Waals surface area contributed by atoms with Gasteiger partial charge in [0.25, 0.3) is 0 Å². The van der Waals surface area contributed by atoms with E-state index in [1.165, 1.54) is 17.7 Å². The third kappa shape index (κ3) is 3.91. The number of allylic oxidation sites excluding steroid dienone is 2. The van der Waals surface area contributed by atoms with Gasteiger partial charge in [0, 0.05) is 5.92 Å². The first-order valence-corrected chi connectivity index (χ1v) is 13.5. The molecule has 5 nitrogen and oxygen atoms in total. The Morgan fingerprint density at radius 1 is 1.00 bits per heavy atom. The van der Waals surface area contributed by atoms with Crippen molar-refractivity contribution >= 4 is 5.78 Å². The number of hydrogen-bond donors (Lipinski definition) is 4. The molecular formula is C30H48O5. The van der Waals surface area contributed by atoms with Gasteiger partial charge in [-0.05, 0) is 98.9 Å². The number of rotatable bonds is 4. The molecule has 4 rings (SSSR count). The number of ketones is 1. The maximum absolute atomic E-state index is 13.2. The summed E-state index contributed by atoms with van der Waals surface area (Å²) >= 11 is 0. The van der Waals surface area contributed by atoms with Gasteiger partial charge in [-0.15, -0.1) is 0 Å². The van der Waals surface area contributed by atoms with E-state index in [0.717, 1.165) is 32.1 Å². The van der Waals surface area contributed by atoms with Crippen molar-refractivity contribution in [2.24, 2.45) is 39.4 Å². The van der Waals surface area contributed by atoms with E-state index in [2.05, 4.69) is 40.7 Å². The molecule has 9 atom stereocenters. The highest BCUT2D eigenvalue weighted by atomic mass is 16.3. The average Bonchev–Trinajstić information content (AvgIpc) is 2.91. The predicted octanol–water partition coefficient (Wildman–Crippen LogP) is 4.57. The summed E-state index contributed by atoms with van der Waals surface area (Å²) in [7, 11) is 0. The van der Waals surface area contributed by atoms with Crippen molar-refractivity contribution in [3.8, 4) is 0 Å². The zero-order valence-corrected chi connectivity index (χ0v) is 23.1. The number of aliphatic hydroxyl groups excluding tert-OH is 2. The Kier molecular flexibility index (Phi) is 6.17. The van der Waals surface area contributed by atoms with Crippen LogP contribution in [0.3, 0.4) is 0 Å². The van der Waals surface area contributed by atoms with Gasteiger partial charge in [0.1, 0.15) is 5.60 Å². The standard InChI is InChI=1S/C30H48O5/c1-25(2)16-18(31)15-20-19(25)9-10-22-27(20,5)13-14-28(6)24(21(32)17-29(22,28)7)30(8,35)23(33)11-12-26(3,4)34/h9,11-12,18,20-22,24,31-32,34-35H,10,13-17H2,1-8H3/b12-11+/t18-,20-,21+,22-,24-,27-,28+,29-,30-/m0/s1. The minimum atomic E-state index is -1.74. The Morgan fingerprint density at radius 3 is 2.23 bits per heavy atom. The van der Waals surface area contributed by atoms with Gasteiger partial charge in [-0.3, -0.25) is 4.79 Å². The summed E-state index contributed by atoms with van der Waals surface area (Å²) in [6.45, 7) is 16.1. The summed E-state index contributed by atoms with van der Waals surface area (Å²) in [5, 5.41) is 43.9. The molecule has 3 saturated carbocycles. The van der Waals surface area contributed by atoms with E-state index in [9.17, 15) is 25.2 Å². The zero-order valence-electron chi connectivity index (χ0n) is 23.1. The highest BCUT2D eigenvalue weighted by Crippen LogP contribution is 2.75. The molecule has 4 aliphatic carbocycles. The van der Waals surface area contributed by atoms with Crippen molar-refractivity contribution in [3.63, 3.8) is 0 Å². The minimum Gasteiger partial charge on any atom is -0.393 e. The first-order chi connectivity index (χ1) is 15.8. The topological polar surface area (TPSA) is 98.0 Å². The number of aliphatic hydroxyl groups is 4. The first kappa shape index (κ1) is 27.0. The summed E-state index contributed by atoms with van der Waals surface area (Å²) in [6.07, 6.45) is 8.86. The van der Waals surface area contributed by atoms with E-state index in [-0.39, 0.29) is 22.3 Å². The molecule has 0 aromatic heterocycles. The molecule has 0 radical (unpaired) electrons. The van der Waals surface area contributed by atoms with Gasteiger partial charge in [0.2, 0.25) is 0 Å². The van der Waals surface area contributed by atoms with Gasteiger partial charge in [-0.2, -0.15) is 0 Å². The van der Waals surface area contributed by atoms with E-state index < -0.39 is 34.4 Å². The number of fused-ring (bicyclic) bond motifs is 5. The Bertz CT molecular complexity index is 939. The summed E-state index contributed by atoms with van der Waals surface area (Å²) in [5.41, 5.74) is -2.10. The van der Waals surface area contributed by atoms with Crippen molar-refractivity contribution in [2.45, 2.75) is 117 Å². The molecule has 0 bridgehead atoms. The van der Waals surface area contributed by atoms with Gasteiger partial charge in [-0.25, -0.2) is 0 Å². The molecule has 5 heteroatoms. The SMILES string of the molecule is CC(C)(O)/C=C/C(=O)[C@](C)(O)[C@H]1[C@H](O)C[C@@]2(C)[C@H]3CC=C4[C@H](C[C@H](O)CC4(C)C)[C@]3(C)CC[C@]12C. The average molecular weight is 489 g/mol. The minimum absolute atomic E-state index is 0.00229. The maximum Gasteiger partial charge on any atom is 0.187 e.